The Morgan fingerprint density at radius 3 is 1.38 bits per heavy atom. The summed E-state index contributed by atoms with van der Waals surface area (Å²) in [7, 11) is 0. The van der Waals surface area contributed by atoms with E-state index in [1.807, 2.05) is 0 Å². The zero-order valence-corrected chi connectivity index (χ0v) is 12.0. The lowest BCUT2D eigenvalue weighted by atomic mass is 10.1. The third-order valence-corrected chi connectivity index (χ3v) is 2.16. The Balaban J connectivity index is 3.47. The van der Waals surface area contributed by atoms with Gasteiger partial charge in [0.25, 0.3) is 0 Å². The Bertz CT molecular complexity index is 579. The molecular weight excluding hydrogens is 280 g/mol. The molecule has 0 saturated carbocycles. The van der Waals surface area contributed by atoms with Crippen LogP contribution in [0.2, 0.25) is 0 Å². The number of hydrogen-bond acceptors (Lipinski definition) is 7. The van der Waals surface area contributed by atoms with E-state index in [1.165, 1.54) is 26.0 Å². The summed E-state index contributed by atoms with van der Waals surface area (Å²) in [5, 5.41) is 0. The first kappa shape index (κ1) is 16.4. The van der Waals surface area contributed by atoms with Crippen molar-refractivity contribution in [3.8, 4) is 17.2 Å². The number of carbonyl (C=O) groups is 4. The second-order valence-electron chi connectivity index (χ2n) is 4.13. The zero-order chi connectivity index (χ0) is 16.2. The molecule has 0 heterocycles. The summed E-state index contributed by atoms with van der Waals surface area (Å²) in [5.41, 5.74) is -0.0868. The summed E-state index contributed by atoms with van der Waals surface area (Å²) in [5.74, 6) is -2.75. The molecule has 0 unspecified atom stereocenters. The fraction of sp³-hybridized carbons (Fsp3) is 0.286. The Morgan fingerprint density at radius 2 is 1.10 bits per heavy atom. The third kappa shape index (κ3) is 4.72. The second-order valence-corrected chi connectivity index (χ2v) is 4.13. The lowest BCUT2D eigenvalue weighted by Gasteiger charge is -2.13. The van der Waals surface area contributed by atoms with E-state index in [4.69, 9.17) is 14.2 Å². The Labute approximate surface area is 120 Å². The molecule has 0 N–H and O–H groups in total. The van der Waals surface area contributed by atoms with Gasteiger partial charge in [-0.1, -0.05) is 0 Å². The van der Waals surface area contributed by atoms with Crippen LogP contribution >= 0.6 is 0 Å². The van der Waals surface area contributed by atoms with Crippen molar-refractivity contribution in [2.45, 2.75) is 27.7 Å². The average Bonchev–Trinajstić information content (AvgIpc) is 2.24. The Hall–Kier alpha value is -2.70. The van der Waals surface area contributed by atoms with Crippen molar-refractivity contribution >= 4 is 23.7 Å². The molecule has 112 valence electrons. The van der Waals surface area contributed by atoms with Gasteiger partial charge in [-0.25, -0.2) is 0 Å². The molecule has 7 heteroatoms. The van der Waals surface area contributed by atoms with Crippen molar-refractivity contribution in [3.05, 3.63) is 17.7 Å². The van der Waals surface area contributed by atoms with E-state index < -0.39 is 23.7 Å². The van der Waals surface area contributed by atoms with Gasteiger partial charge in [0.15, 0.2) is 5.78 Å². The molecule has 7 nitrogen and oxygen atoms in total. The zero-order valence-electron chi connectivity index (χ0n) is 12.0. The van der Waals surface area contributed by atoms with E-state index in [2.05, 4.69) is 0 Å². The maximum atomic E-state index is 11.7. The van der Waals surface area contributed by atoms with Gasteiger partial charge in [0, 0.05) is 32.9 Å². The van der Waals surface area contributed by atoms with Gasteiger partial charge in [-0.15, -0.1) is 0 Å². The van der Waals surface area contributed by atoms with E-state index in [-0.39, 0.29) is 22.8 Å². The van der Waals surface area contributed by atoms with Crippen molar-refractivity contribution in [2.75, 3.05) is 0 Å². The van der Waals surface area contributed by atoms with Gasteiger partial charge in [0.05, 0.1) is 0 Å². The van der Waals surface area contributed by atoms with Crippen LogP contribution in [0, 0.1) is 0 Å². The van der Waals surface area contributed by atoms with Crippen molar-refractivity contribution < 1.29 is 33.4 Å². The maximum Gasteiger partial charge on any atom is 0.308 e. The Kier molecular flexibility index (Phi) is 5.18. The molecule has 0 aliphatic carbocycles. The molecule has 1 rings (SSSR count). The maximum absolute atomic E-state index is 11.7. The Morgan fingerprint density at radius 1 is 0.714 bits per heavy atom. The predicted molar refractivity (Wildman–Crippen MR) is 70.4 cm³/mol. The first-order valence-corrected chi connectivity index (χ1v) is 5.95. The topological polar surface area (TPSA) is 96.0 Å². The van der Waals surface area contributed by atoms with E-state index in [9.17, 15) is 19.2 Å². The fourth-order valence-corrected chi connectivity index (χ4v) is 1.61. The van der Waals surface area contributed by atoms with Crippen molar-refractivity contribution in [2.24, 2.45) is 0 Å². The molecule has 0 aromatic heterocycles. The van der Waals surface area contributed by atoms with E-state index in [1.54, 1.807) is 0 Å². The molecule has 0 fully saturated rings. The van der Waals surface area contributed by atoms with Gasteiger partial charge in [0.2, 0.25) is 0 Å². The standard InChI is InChI=1S/C14H14O7/c1-7(15)14-12(20-9(3)17)5-11(19-8(2)16)6-13(14)21-10(4)18/h5-6H,1-4H3. The van der Waals surface area contributed by atoms with E-state index >= 15 is 0 Å². The van der Waals surface area contributed by atoms with Crippen LogP contribution in [0.4, 0.5) is 0 Å². The number of Topliss-reactive ketones (excluding diaryl/α,β-unsaturated/α-hetero) is 1. The van der Waals surface area contributed by atoms with Gasteiger partial charge in [-0.2, -0.15) is 0 Å². The minimum atomic E-state index is -0.675. The minimum Gasteiger partial charge on any atom is -0.426 e. The number of benzene rings is 1. The van der Waals surface area contributed by atoms with Gasteiger partial charge < -0.3 is 14.2 Å². The average molecular weight is 294 g/mol. The van der Waals surface area contributed by atoms with Crippen LogP contribution in [0.5, 0.6) is 17.2 Å². The minimum absolute atomic E-state index is 0.0139. The number of esters is 3. The van der Waals surface area contributed by atoms with E-state index in [0.29, 0.717) is 0 Å². The number of hydrogen-bond donors (Lipinski definition) is 0. The van der Waals surface area contributed by atoms with Crippen LogP contribution in [-0.2, 0) is 14.4 Å². The summed E-state index contributed by atoms with van der Waals surface area (Å²) >= 11 is 0. The number of carbonyl (C=O) groups excluding carboxylic acids is 4. The molecule has 0 bridgehead atoms. The quantitative estimate of drug-likeness (QED) is 0.473. The van der Waals surface area contributed by atoms with Crippen LogP contribution < -0.4 is 14.2 Å². The molecule has 0 aliphatic rings. The van der Waals surface area contributed by atoms with Gasteiger partial charge in [-0.05, 0) is 6.92 Å². The normalized spacial score (nSPS) is 9.71. The van der Waals surface area contributed by atoms with Crippen LogP contribution in [0.25, 0.3) is 0 Å². The highest BCUT2D eigenvalue weighted by molar-refractivity contribution is 6.01. The van der Waals surface area contributed by atoms with Gasteiger partial charge in [0.1, 0.15) is 22.8 Å². The van der Waals surface area contributed by atoms with Crippen molar-refractivity contribution in [1.82, 2.24) is 0 Å². The summed E-state index contributed by atoms with van der Waals surface area (Å²) in [6.07, 6.45) is 0. The first-order chi connectivity index (χ1) is 9.70. The van der Waals surface area contributed by atoms with E-state index in [0.717, 1.165) is 13.8 Å². The highest BCUT2D eigenvalue weighted by Gasteiger charge is 2.21. The molecule has 0 saturated heterocycles. The van der Waals surface area contributed by atoms with Crippen molar-refractivity contribution in [1.29, 1.82) is 0 Å². The second kappa shape index (κ2) is 6.65. The van der Waals surface area contributed by atoms with Crippen LogP contribution in [0.1, 0.15) is 38.1 Å². The molecule has 0 aliphatic heterocycles. The van der Waals surface area contributed by atoms with Gasteiger partial charge >= 0.3 is 17.9 Å². The molecule has 1 aromatic carbocycles. The largest absolute Gasteiger partial charge is 0.426 e. The molecule has 0 atom stereocenters. The number of ether oxygens (including phenoxy) is 3. The number of rotatable bonds is 4. The summed E-state index contributed by atoms with van der Waals surface area (Å²) < 4.78 is 14.7. The van der Waals surface area contributed by atoms with Crippen LogP contribution in [-0.4, -0.2) is 23.7 Å². The fourth-order valence-electron chi connectivity index (χ4n) is 1.61. The summed E-state index contributed by atoms with van der Waals surface area (Å²) in [6, 6.07) is 2.40. The smallest absolute Gasteiger partial charge is 0.308 e. The highest BCUT2D eigenvalue weighted by Crippen LogP contribution is 2.35. The third-order valence-electron chi connectivity index (χ3n) is 2.16. The molecule has 21 heavy (non-hydrogen) atoms. The monoisotopic (exact) mass is 294 g/mol. The summed E-state index contributed by atoms with van der Waals surface area (Å²) in [6.45, 7) is 4.69. The first-order valence-electron chi connectivity index (χ1n) is 5.95. The summed E-state index contributed by atoms with van der Waals surface area (Å²) in [4.78, 5) is 44.9. The molecule has 0 radical (unpaired) electrons. The highest BCUT2D eigenvalue weighted by atomic mass is 16.6. The van der Waals surface area contributed by atoms with Crippen LogP contribution in [0.15, 0.2) is 12.1 Å². The lowest BCUT2D eigenvalue weighted by molar-refractivity contribution is -0.132. The molecular formula is C14H14O7. The molecule has 1 aromatic rings. The lowest BCUT2D eigenvalue weighted by Crippen LogP contribution is -2.12. The molecule has 0 amide bonds. The molecule has 0 spiro atoms. The predicted octanol–water partition coefficient (Wildman–Crippen LogP) is 1.67. The number of ketones is 1. The SMILES string of the molecule is CC(=O)Oc1cc(OC(C)=O)c(C(C)=O)c(OC(C)=O)c1. The van der Waals surface area contributed by atoms with Crippen LogP contribution in [0.3, 0.4) is 0 Å². The van der Waals surface area contributed by atoms with Crippen molar-refractivity contribution in [3.63, 3.8) is 0 Å². The van der Waals surface area contributed by atoms with Gasteiger partial charge in [-0.3, -0.25) is 19.2 Å².